The van der Waals surface area contributed by atoms with E-state index in [0.29, 0.717) is 42.6 Å². The van der Waals surface area contributed by atoms with Crippen molar-refractivity contribution < 1.29 is 24.2 Å². The molecule has 3 N–H and O–H groups in total. The number of rotatable bonds is 2. The summed E-state index contributed by atoms with van der Waals surface area (Å²) >= 11 is 0. The molecule has 0 saturated carbocycles. The Morgan fingerprint density at radius 2 is 1.89 bits per heavy atom. The molecular weight excluding hydrogens is 450 g/mol. The fourth-order valence-corrected chi connectivity index (χ4v) is 3.74. The first-order chi connectivity index (χ1) is 16.9. The van der Waals surface area contributed by atoms with Crippen LogP contribution >= 0.6 is 0 Å². The van der Waals surface area contributed by atoms with E-state index < -0.39 is 6.09 Å². The van der Waals surface area contributed by atoms with Crippen molar-refractivity contribution in [2.75, 3.05) is 32.2 Å². The van der Waals surface area contributed by atoms with E-state index in [-0.39, 0.29) is 12.6 Å². The van der Waals surface area contributed by atoms with Gasteiger partial charge in [-0.3, -0.25) is 10.2 Å². The number of urea groups is 1. The Hall–Kier alpha value is -4.31. The zero-order valence-electron chi connectivity index (χ0n) is 19.6. The molecule has 10 nitrogen and oxygen atoms in total. The van der Waals surface area contributed by atoms with Crippen LogP contribution in [0.15, 0.2) is 61.0 Å². The van der Waals surface area contributed by atoms with Crippen LogP contribution in [0.1, 0.15) is 12.5 Å². The fraction of sp³-hybridized carbons (Fsp3) is 0.240. The number of H-pyrrole nitrogens is 1. The minimum absolute atomic E-state index is 0.133. The molecule has 0 aliphatic carbocycles. The first-order valence-corrected chi connectivity index (χ1v) is 11.0. The summed E-state index contributed by atoms with van der Waals surface area (Å²) in [6.45, 7) is 10.9. The van der Waals surface area contributed by atoms with E-state index in [0.717, 1.165) is 28.0 Å². The third kappa shape index (κ3) is 4.97. The van der Waals surface area contributed by atoms with Crippen LogP contribution in [0, 0.1) is 0 Å². The highest BCUT2D eigenvalue weighted by Gasteiger charge is 2.39. The number of amides is 3. The number of nitrogens with zero attached hydrogens (tertiary/aromatic N) is 3. The third-order valence-electron chi connectivity index (χ3n) is 5.55. The molecule has 0 spiro atoms. The second kappa shape index (κ2) is 9.90. The minimum atomic E-state index is -0.594. The first kappa shape index (κ1) is 23.8. The van der Waals surface area contributed by atoms with Crippen LogP contribution in [0.3, 0.4) is 0 Å². The van der Waals surface area contributed by atoms with Gasteiger partial charge in [-0.2, -0.15) is 0 Å². The molecule has 1 saturated heterocycles. The summed E-state index contributed by atoms with van der Waals surface area (Å²) in [7, 11) is 1.29. The molecule has 5 rings (SSSR count). The normalized spacial score (nSPS) is 14.4. The number of aliphatic hydroxyl groups is 1. The Morgan fingerprint density at radius 1 is 1.20 bits per heavy atom. The van der Waals surface area contributed by atoms with Gasteiger partial charge in [0.15, 0.2) is 0 Å². The summed E-state index contributed by atoms with van der Waals surface area (Å²) in [5, 5.41) is 10.1. The second-order valence-corrected chi connectivity index (χ2v) is 7.85. The van der Waals surface area contributed by atoms with Gasteiger partial charge in [-0.25, -0.2) is 14.6 Å². The molecule has 2 aliphatic heterocycles. The smallest absolute Gasteiger partial charge is 0.413 e. The Balaban J connectivity index is 0.000000917. The van der Waals surface area contributed by atoms with E-state index in [4.69, 9.17) is 9.84 Å². The Kier molecular flexibility index (Phi) is 6.74. The number of aliphatic hydroxyl groups excluding tert-OH is 1. The van der Waals surface area contributed by atoms with Crippen LogP contribution in [0.5, 0.6) is 5.75 Å². The van der Waals surface area contributed by atoms with E-state index in [9.17, 15) is 9.59 Å². The third-order valence-corrected chi connectivity index (χ3v) is 5.55. The highest BCUT2D eigenvalue weighted by atomic mass is 16.5. The van der Waals surface area contributed by atoms with E-state index in [2.05, 4.69) is 33.2 Å². The van der Waals surface area contributed by atoms with Crippen molar-refractivity contribution in [3.05, 3.63) is 66.5 Å². The standard InChI is InChI=1S/C23H21N5O4.C2H6O/c1-13-14(2)28(13)23(30)27-8-9-32-20-7-5-15(10-17(20)12-27)16-4-6-18-19(11-16)25-21(24-18)26-22(29)31-3;1-2-3/h4-7,10-11H,1-2,8-9,12H2,3H3,(H2,24,25,26,29);3H,2H2,1H3. The molecule has 182 valence electrons. The van der Waals surface area contributed by atoms with Crippen molar-refractivity contribution in [3.63, 3.8) is 0 Å². The molecule has 2 aliphatic rings. The number of carbonyl (C=O) groups is 2. The van der Waals surface area contributed by atoms with Crippen LogP contribution in [-0.4, -0.2) is 63.9 Å². The summed E-state index contributed by atoms with van der Waals surface area (Å²) < 4.78 is 10.5. The maximum atomic E-state index is 12.8. The molecule has 0 bridgehead atoms. The molecule has 10 heteroatoms. The predicted octanol–water partition coefficient (Wildman–Crippen LogP) is 4.06. The van der Waals surface area contributed by atoms with Crippen molar-refractivity contribution in [3.8, 4) is 16.9 Å². The quantitative estimate of drug-likeness (QED) is 0.479. The van der Waals surface area contributed by atoms with Crippen LogP contribution in [-0.2, 0) is 11.3 Å². The largest absolute Gasteiger partial charge is 0.491 e. The maximum Gasteiger partial charge on any atom is 0.413 e. The number of methoxy groups -OCH3 is 1. The number of benzene rings is 2. The first-order valence-electron chi connectivity index (χ1n) is 11.0. The zero-order valence-corrected chi connectivity index (χ0v) is 19.6. The highest BCUT2D eigenvalue weighted by Crippen LogP contribution is 2.37. The molecule has 1 aromatic heterocycles. The number of fused-ring (bicyclic) bond motifs is 2. The van der Waals surface area contributed by atoms with Gasteiger partial charge in [-0.05, 0) is 42.3 Å². The Labute approximate surface area is 202 Å². The van der Waals surface area contributed by atoms with E-state index in [1.807, 2.05) is 36.4 Å². The van der Waals surface area contributed by atoms with Crippen molar-refractivity contribution in [2.45, 2.75) is 13.5 Å². The fourth-order valence-electron chi connectivity index (χ4n) is 3.74. The zero-order chi connectivity index (χ0) is 25.1. The number of hydrogen-bond acceptors (Lipinski definition) is 6. The molecule has 3 amide bonds. The average molecular weight is 478 g/mol. The van der Waals surface area contributed by atoms with Gasteiger partial charge >= 0.3 is 12.1 Å². The van der Waals surface area contributed by atoms with Gasteiger partial charge in [0.05, 0.1) is 42.6 Å². The number of aromatic nitrogens is 2. The minimum Gasteiger partial charge on any atom is -0.491 e. The lowest BCUT2D eigenvalue weighted by Gasteiger charge is -2.20. The molecular formula is C25H27N5O5. The summed E-state index contributed by atoms with van der Waals surface area (Å²) in [6.07, 6.45) is -0.594. The van der Waals surface area contributed by atoms with E-state index in [1.165, 1.54) is 12.0 Å². The van der Waals surface area contributed by atoms with Crippen molar-refractivity contribution in [1.29, 1.82) is 0 Å². The number of hydrogen-bond donors (Lipinski definition) is 3. The Bertz CT molecular complexity index is 1300. The summed E-state index contributed by atoms with van der Waals surface area (Å²) in [5.41, 5.74) is 5.66. The lowest BCUT2D eigenvalue weighted by molar-refractivity contribution is 0.178. The number of imidazole rings is 1. The molecule has 0 unspecified atom stereocenters. The molecule has 3 heterocycles. The monoisotopic (exact) mass is 477 g/mol. The van der Waals surface area contributed by atoms with Crippen LogP contribution in [0.25, 0.3) is 22.2 Å². The highest BCUT2D eigenvalue weighted by molar-refractivity contribution is 5.88. The average Bonchev–Trinajstić information content (AvgIpc) is 3.33. The predicted molar refractivity (Wildman–Crippen MR) is 132 cm³/mol. The summed E-state index contributed by atoms with van der Waals surface area (Å²) in [4.78, 5) is 34.8. The lowest BCUT2D eigenvalue weighted by Crippen LogP contribution is -2.35. The summed E-state index contributed by atoms with van der Waals surface area (Å²) in [5.74, 6) is 1.08. The van der Waals surface area contributed by atoms with Gasteiger partial charge in [-0.15, -0.1) is 0 Å². The molecule has 35 heavy (non-hydrogen) atoms. The topological polar surface area (TPSA) is 120 Å². The molecule has 2 aromatic carbocycles. The SMILES string of the molecule is C=C1C(=C)N1C(=O)N1CCOc2ccc(-c3ccc4nc(NC(=O)OC)[nH]c4c3)cc2C1.CCO. The van der Waals surface area contributed by atoms with Crippen molar-refractivity contribution in [1.82, 2.24) is 19.8 Å². The van der Waals surface area contributed by atoms with Crippen LogP contribution in [0.2, 0.25) is 0 Å². The number of nitrogens with one attached hydrogen (secondary N) is 2. The van der Waals surface area contributed by atoms with Gasteiger partial charge in [-0.1, -0.05) is 25.3 Å². The van der Waals surface area contributed by atoms with Gasteiger partial charge < -0.3 is 24.5 Å². The molecule has 0 atom stereocenters. The van der Waals surface area contributed by atoms with Gasteiger partial charge in [0.25, 0.3) is 0 Å². The second-order valence-electron chi connectivity index (χ2n) is 7.85. The van der Waals surface area contributed by atoms with Crippen LogP contribution in [0.4, 0.5) is 15.5 Å². The van der Waals surface area contributed by atoms with Gasteiger partial charge in [0.1, 0.15) is 12.4 Å². The maximum absolute atomic E-state index is 12.8. The van der Waals surface area contributed by atoms with E-state index >= 15 is 0 Å². The number of carbonyl (C=O) groups excluding carboxylic acids is 2. The molecule has 3 aromatic rings. The van der Waals surface area contributed by atoms with Crippen molar-refractivity contribution >= 4 is 29.1 Å². The van der Waals surface area contributed by atoms with Crippen molar-refractivity contribution in [2.24, 2.45) is 0 Å². The molecule has 1 fully saturated rings. The number of ether oxygens (including phenoxy) is 2. The van der Waals surface area contributed by atoms with Gasteiger partial charge in [0.2, 0.25) is 5.95 Å². The number of aromatic amines is 1. The van der Waals surface area contributed by atoms with Crippen LogP contribution < -0.4 is 10.1 Å². The molecule has 0 radical (unpaired) electrons. The van der Waals surface area contributed by atoms with Gasteiger partial charge in [0, 0.05) is 12.2 Å². The summed E-state index contributed by atoms with van der Waals surface area (Å²) in [6, 6.07) is 11.6. The van der Waals surface area contributed by atoms with E-state index in [1.54, 1.807) is 11.8 Å². The Morgan fingerprint density at radius 3 is 2.57 bits per heavy atom. The number of anilines is 1. The lowest BCUT2D eigenvalue weighted by atomic mass is 10.0.